The van der Waals surface area contributed by atoms with Gasteiger partial charge in [0.25, 0.3) is 0 Å². The van der Waals surface area contributed by atoms with Crippen LogP contribution in [0.25, 0.3) is 0 Å². The molecular formula is C8H7BrCl2O. The van der Waals surface area contributed by atoms with E-state index in [1.54, 1.807) is 13.2 Å². The molecule has 0 spiro atoms. The molecule has 0 aromatic heterocycles. The molecule has 1 aromatic carbocycles. The molecule has 0 amide bonds. The molecule has 1 aromatic rings. The lowest BCUT2D eigenvalue weighted by molar-refractivity contribution is 0.411. The second-order valence-corrected chi connectivity index (χ2v) is 3.89. The van der Waals surface area contributed by atoms with Crippen molar-refractivity contribution in [1.82, 2.24) is 0 Å². The maximum absolute atomic E-state index is 5.96. The normalized spacial score (nSPS) is 10.1. The monoisotopic (exact) mass is 268 g/mol. The summed E-state index contributed by atoms with van der Waals surface area (Å²) in [6.45, 7) is 1.88. The van der Waals surface area contributed by atoms with E-state index in [1.807, 2.05) is 6.92 Å². The number of halogens is 3. The van der Waals surface area contributed by atoms with E-state index in [9.17, 15) is 0 Å². The number of hydrogen-bond acceptors (Lipinski definition) is 1. The van der Waals surface area contributed by atoms with Crippen LogP contribution < -0.4 is 4.74 Å². The predicted octanol–water partition coefficient (Wildman–Crippen LogP) is 4.07. The lowest BCUT2D eigenvalue weighted by atomic mass is 10.2. The lowest BCUT2D eigenvalue weighted by Crippen LogP contribution is -1.88. The SMILES string of the molecule is COc1cc(Cl)c(Br)c(Cl)c1C. The molecule has 0 aliphatic carbocycles. The first-order valence-electron chi connectivity index (χ1n) is 3.26. The standard InChI is InChI=1S/C8H7BrCl2O/c1-4-6(12-2)3-5(10)7(9)8(4)11/h3H,1-2H3. The van der Waals surface area contributed by atoms with Crippen LogP contribution >= 0.6 is 39.1 Å². The molecule has 0 saturated carbocycles. The van der Waals surface area contributed by atoms with E-state index in [-0.39, 0.29) is 0 Å². The van der Waals surface area contributed by atoms with Crippen molar-refractivity contribution in [3.63, 3.8) is 0 Å². The molecule has 0 aliphatic rings. The summed E-state index contributed by atoms with van der Waals surface area (Å²) in [6, 6.07) is 1.73. The van der Waals surface area contributed by atoms with Crippen molar-refractivity contribution in [2.45, 2.75) is 6.92 Å². The van der Waals surface area contributed by atoms with E-state index in [4.69, 9.17) is 27.9 Å². The van der Waals surface area contributed by atoms with Gasteiger partial charge in [-0.2, -0.15) is 0 Å². The van der Waals surface area contributed by atoms with Gasteiger partial charge in [0.15, 0.2) is 0 Å². The summed E-state index contributed by atoms with van der Waals surface area (Å²) in [6.07, 6.45) is 0. The van der Waals surface area contributed by atoms with Gasteiger partial charge in [-0.1, -0.05) is 23.2 Å². The molecule has 66 valence electrons. The summed E-state index contributed by atoms with van der Waals surface area (Å²) in [5, 5.41) is 1.15. The Morgan fingerprint density at radius 1 is 1.42 bits per heavy atom. The number of methoxy groups -OCH3 is 1. The van der Waals surface area contributed by atoms with Crippen LogP contribution in [0.1, 0.15) is 5.56 Å². The molecule has 0 heterocycles. The Morgan fingerprint density at radius 3 is 2.50 bits per heavy atom. The van der Waals surface area contributed by atoms with Gasteiger partial charge in [0.2, 0.25) is 0 Å². The maximum atomic E-state index is 5.96. The van der Waals surface area contributed by atoms with E-state index in [0.29, 0.717) is 20.3 Å². The average molecular weight is 270 g/mol. The molecule has 1 nitrogen and oxygen atoms in total. The first-order valence-corrected chi connectivity index (χ1v) is 4.81. The molecule has 0 atom stereocenters. The first-order chi connectivity index (χ1) is 5.57. The highest BCUT2D eigenvalue weighted by molar-refractivity contribution is 9.10. The molecular weight excluding hydrogens is 263 g/mol. The van der Waals surface area contributed by atoms with Gasteiger partial charge in [-0.05, 0) is 22.9 Å². The van der Waals surface area contributed by atoms with Gasteiger partial charge in [-0.3, -0.25) is 0 Å². The zero-order valence-corrected chi connectivity index (χ0v) is 9.72. The molecule has 12 heavy (non-hydrogen) atoms. The van der Waals surface area contributed by atoms with Crippen LogP contribution in [-0.4, -0.2) is 7.11 Å². The van der Waals surface area contributed by atoms with Crippen molar-refractivity contribution in [2.75, 3.05) is 7.11 Å². The molecule has 0 radical (unpaired) electrons. The van der Waals surface area contributed by atoms with E-state index >= 15 is 0 Å². The molecule has 0 bridgehead atoms. The number of rotatable bonds is 1. The Hall–Kier alpha value is 0.0800. The molecule has 4 heteroatoms. The Morgan fingerprint density at radius 2 is 2.00 bits per heavy atom. The van der Waals surface area contributed by atoms with Crippen LogP contribution in [-0.2, 0) is 0 Å². The zero-order chi connectivity index (χ0) is 9.30. The summed E-state index contributed by atoms with van der Waals surface area (Å²) in [4.78, 5) is 0. The van der Waals surface area contributed by atoms with Gasteiger partial charge in [0, 0.05) is 11.6 Å². The molecule has 0 aliphatic heterocycles. The summed E-state index contributed by atoms with van der Waals surface area (Å²) >= 11 is 15.1. The zero-order valence-electron chi connectivity index (χ0n) is 6.62. The third-order valence-electron chi connectivity index (χ3n) is 1.58. The summed E-state index contributed by atoms with van der Waals surface area (Å²) < 4.78 is 5.78. The Labute approximate surface area is 89.7 Å². The van der Waals surface area contributed by atoms with Gasteiger partial charge in [0.05, 0.1) is 21.6 Å². The summed E-state index contributed by atoms with van der Waals surface area (Å²) in [5.41, 5.74) is 0.885. The van der Waals surface area contributed by atoms with E-state index in [0.717, 1.165) is 5.56 Å². The Kier molecular flexibility index (Phi) is 3.27. The van der Waals surface area contributed by atoms with Crippen molar-refractivity contribution in [1.29, 1.82) is 0 Å². The van der Waals surface area contributed by atoms with Gasteiger partial charge < -0.3 is 4.74 Å². The summed E-state index contributed by atoms with van der Waals surface area (Å²) in [5.74, 6) is 0.702. The van der Waals surface area contributed by atoms with Crippen molar-refractivity contribution in [3.05, 3.63) is 26.1 Å². The third-order valence-corrected chi connectivity index (χ3v) is 3.63. The fourth-order valence-electron chi connectivity index (χ4n) is 0.876. The van der Waals surface area contributed by atoms with Gasteiger partial charge in [0.1, 0.15) is 5.75 Å². The van der Waals surface area contributed by atoms with Crippen molar-refractivity contribution >= 4 is 39.1 Å². The van der Waals surface area contributed by atoms with Gasteiger partial charge in [-0.25, -0.2) is 0 Å². The minimum Gasteiger partial charge on any atom is -0.496 e. The molecule has 0 fully saturated rings. The number of hydrogen-bond donors (Lipinski definition) is 0. The van der Waals surface area contributed by atoms with E-state index in [1.165, 1.54) is 0 Å². The summed E-state index contributed by atoms with van der Waals surface area (Å²) in [7, 11) is 1.59. The highest BCUT2D eigenvalue weighted by atomic mass is 79.9. The lowest BCUT2D eigenvalue weighted by Gasteiger charge is -2.08. The van der Waals surface area contributed by atoms with Crippen molar-refractivity contribution in [3.8, 4) is 5.75 Å². The second-order valence-electron chi connectivity index (χ2n) is 2.31. The number of ether oxygens (including phenoxy) is 1. The first kappa shape index (κ1) is 10.2. The fourth-order valence-corrected chi connectivity index (χ4v) is 1.73. The highest BCUT2D eigenvalue weighted by Crippen LogP contribution is 2.38. The molecule has 0 saturated heterocycles. The largest absolute Gasteiger partial charge is 0.496 e. The van der Waals surface area contributed by atoms with E-state index in [2.05, 4.69) is 15.9 Å². The van der Waals surface area contributed by atoms with Crippen LogP contribution in [0.5, 0.6) is 5.75 Å². The second kappa shape index (κ2) is 3.86. The minimum absolute atomic E-state index is 0.558. The molecule has 1 rings (SSSR count). The van der Waals surface area contributed by atoms with E-state index < -0.39 is 0 Å². The van der Waals surface area contributed by atoms with Crippen LogP contribution in [0.3, 0.4) is 0 Å². The quantitative estimate of drug-likeness (QED) is 0.699. The van der Waals surface area contributed by atoms with Crippen LogP contribution in [0.2, 0.25) is 10.0 Å². The average Bonchev–Trinajstić information content (AvgIpc) is 2.08. The third kappa shape index (κ3) is 1.70. The molecule has 0 N–H and O–H groups in total. The Balaban J connectivity index is 3.39. The predicted molar refractivity (Wildman–Crippen MR) is 55.5 cm³/mol. The number of benzene rings is 1. The molecule has 0 unspecified atom stereocenters. The fraction of sp³-hybridized carbons (Fsp3) is 0.250. The minimum atomic E-state index is 0.558. The topological polar surface area (TPSA) is 9.23 Å². The van der Waals surface area contributed by atoms with Gasteiger partial charge >= 0.3 is 0 Å². The van der Waals surface area contributed by atoms with Gasteiger partial charge in [-0.15, -0.1) is 0 Å². The maximum Gasteiger partial charge on any atom is 0.124 e. The highest BCUT2D eigenvalue weighted by Gasteiger charge is 2.10. The van der Waals surface area contributed by atoms with Crippen molar-refractivity contribution < 1.29 is 4.74 Å². The van der Waals surface area contributed by atoms with Crippen molar-refractivity contribution in [2.24, 2.45) is 0 Å². The van der Waals surface area contributed by atoms with Crippen LogP contribution in [0, 0.1) is 6.92 Å². The van der Waals surface area contributed by atoms with Crippen LogP contribution in [0.15, 0.2) is 10.5 Å². The van der Waals surface area contributed by atoms with Crippen LogP contribution in [0.4, 0.5) is 0 Å². The Bertz CT molecular complexity index is 312. The smallest absolute Gasteiger partial charge is 0.124 e.